The van der Waals surface area contributed by atoms with Crippen molar-refractivity contribution in [3.05, 3.63) is 41.9 Å². The van der Waals surface area contributed by atoms with Crippen molar-refractivity contribution in [1.82, 2.24) is 15.2 Å². The molecule has 2 fully saturated rings. The number of aliphatic imine (C=N–C) groups is 1. The molecule has 0 aliphatic carbocycles. The summed E-state index contributed by atoms with van der Waals surface area (Å²) < 4.78 is 17.6. The quantitative estimate of drug-likeness (QED) is 0.645. The van der Waals surface area contributed by atoms with Gasteiger partial charge in [0.1, 0.15) is 6.10 Å². The first-order chi connectivity index (χ1) is 13.7. The topological polar surface area (TPSA) is 72.1 Å². The van der Waals surface area contributed by atoms with E-state index in [9.17, 15) is 0 Å². The summed E-state index contributed by atoms with van der Waals surface area (Å²) in [6.45, 7) is 5.67. The summed E-state index contributed by atoms with van der Waals surface area (Å²) in [5, 5.41) is 3.36. The summed E-state index contributed by atoms with van der Waals surface area (Å²) in [6.07, 6.45) is 4.26. The van der Waals surface area contributed by atoms with Crippen LogP contribution in [0.2, 0.25) is 0 Å². The third-order valence-electron chi connectivity index (χ3n) is 5.27. The summed E-state index contributed by atoms with van der Waals surface area (Å²) in [6, 6.07) is 8.23. The van der Waals surface area contributed by atoms with Gasteiger partial charge < -0.3 is 24.1 Å². The Kier molecular flexibility index (Phi) is 5.92. The van der Waals surface area contributed by atoms with Gasteiger partial charge in [-0.3, -0.25) is 4.99 Å². The number of guanidine groups is 1. The summed E-state index contributed by atoms with van der Waals surface area (Å²) in [7, 11) is 1.80. The van der Waals surface area contributed by atoms with Gasteiger partial charge in [0.15, 0.2) is 11.7 Å². The molecule has 0 spiro atoms. The number of aryl methyl sites for hydroxylation is 1. The standard InChI is InChI=1S/C21H28N4O3/c1-15-5-7-16(8-6-15)18-12-23-20(28-18)13-24-21(22-2)25-9-11-27-19(14-25)17-4-3-10-26-17/h5-8,12,17,19H,3-4,9-11,13-14H2,1-2H3,(H,22,24). The van der Waals surface area contributed by atoms with E-state index in [1.807, 2.05) is 12.1 Å². The zero-order valence-corrected chi connectivity index (χ0v) is 16.6. The van der Waals surface area contributed by atoms with E-state index in [-0.39, 0.29) is 12.2 Å². The first-order valence-electron chi connectivity index (χ1n) is 9.93. The fraction of sp³-hybridized carbons (Fsp3) is 0.524. The Morgan fingerprint density at radius 2 is 2.04 bits per heavy atom. The van der Waals surface area contributed by atoms with E-state index in [2.05, 4.69) is 39.2 Å². The Morgan fingerprint density at radius 1 is 1.21 bits per heavy atom. The Labute approximate surface area is 165 Å². The molecule has 1 aromatic heterocycles. The van der Waals surface area contributed by atoms with Gasteiger partial charge >= 0.3 is 0 Å². The zero-order valence-electron chi connectivity index (χ0n) is 16.6. The second-order valence-electron chi connectivity index (χ2n) is 7.29. The molecule has 1 aromatic carbocycles. The van der Waals surface area contributed by atoms with Crippen LogP contribution in [0.25, 0.3) is 11.3 Å². The first-order valence-corrected chi connectivity index (χ1v) is 9.93. The van der Waals surface area contributed by atoms with Gasteiger partial charge in [-0.05, 0) is 19.8 Å². The average Bonchev–Trinajstić information content (AvgIpc) is 3.42. The number of oxazole rings is 1. The Balaban J connectivity index is 1.35. The summed E-state index contributed by atoms with van der Waals surface area (Å²) in [4.78, 5) is 11.0. The van der Waals surface area contributed by atoms with E-state index < -0.39 is 0 Å². The Hall–Kier alpha value is -2.38. The molecule has 0 radical (unpaired) electrons. The van der Waals surface area contributed by atoms with Crippen molar-refractivity contribution in [2.45, 2.75) is 38.5 Å². The molecule has 7 heteroatoms. The van der Waals surface area contributed by atoms with Gasteiger partial charge in [-0.25, -0.2) is 4.98 Å². The molecule has 7 nitrogen and oxygen atoms in total. The molecular weight excluding hydrogens is 356 g/mol. The van der Waals surface area contributed by atoms with E-state index >= 15 is 0 Å². The summed E-state index contributed by atoms with van der Waals surface area (Å²) >= 11 is 0. The fourth-order valence-electron chi connectivity index (χ4n) is 3.72. The lowest BCUT2D eigenvalue weighted by molar-refractivity contribution is -0.0817. The van der Waals surface area contributed by atoms with Crippen LogP contribution in [-0.4, -0.2) is 61.4 Å². The van der Waals surface area contributed by atoms with E-state index in [1.165, 1.54) is 5.56 Å². The highest BCUT2D eigenvalue weighted by Crippen LogP contribution is 2.22. The van der Waals surface area contributed by atoms with Crippen molar-refractivity contribution in [3.63, 3.8) is 0 Å². The lowest BCUT2D eigenvalue weighted by atomic mass is 10.1. The highest BCUT2D eigenvalue weighted by molar-refractivity contribution is 5.79. The first kappa shape index (κ1) is 19.0. The highest BCUT2D eigenvalue weighted by atomic mass is 16.5. The number of morpholine rings is 1. The molecule has 0 amide bonds. The van der Waals surface area contributed by atoms with Gasteiger partial charge in [-0.2, -0.15) is 0 Å². The predicted octanol–water partition coefficient (Wildman–Crippen LogP) is 2.61. The van der Waals surface area contributed by atoms with Crippen molar-refractivity contribution >= 4 is 5.96 Å². The minimum atomic E-state index is 0.102. The number of rotatable bonds is 4. The van der Waals surface area contributed by atoms with Gasteiger partial charge in [0, 0.05) is 32.3 Å². The lowest BCUT2D eigenvalue weighted by Crippen LogP contribution is -2.53. The van der Waals surface area contributed by atoms with E-state index in [4.69, 9.17) is 13.9 Å². The van der Waals surface area contributed by atoms with Crippen LogP contribution in [0.5, 0.6) is 0 Å². The van der Waals surface area contributed by atoms with E-state index in [0.29, 0.717) is 19.0 Å². The minimum Gasteiger partial charge on any atom is -0.439 e. The normalized spacial score (nSPS) is 23.2. The maximum Gasteiger partial charge on any atom is 0.214 e. The van der Waals surface area contributed by atoms with Crippen LogP contribution in [-0.2, 0) is 16.0 Å². The molecular formula is C21H28N4O3. The van der Waals surface area contributed by atoms with Crippen LogP contribution in [0.1, 0.15) is 24.3 Å². The number of aromatic nitrogens is 1. The number of hydrogen-bond acceptors (Lipinski definition) is 5. The minimum absolute atomic E-state index is 0.102. The number of nitrogens with one attached hydrogen (secondary N) is 1. The van der Waals surface area contributed by atoms with Crippen molar-refractivity contribution in [1.29, 1.82) is 0 Å². The largest absolute Gasteiger partial charge is 0.439 e. The molecule has 1 N–H and O–H groups in total. The molecule has 2 atom stereocenters. The molecule has 2 aliphatic heterocycles. The summed E-state index contributed by atoms with van der Waals surface area (Å²) in [5.74, 6) is 2.25. The van der Waals surface area contributed by atoms with Gasteiger partial charge in [0.05, 0.1) is 25.5 Å². The maximum atomic E-state index is 5.93. The fourth-order valence-corrected chi connectivity index (χ4v) is 3.72. The molecule has 150 valence electrons. The molecule has 0 saturated carbocycles. The number of nitrogens with zero attached hydrogens (tertiary/aromatic N) is 3. The van der Waals surface area contributed by atoms with Gasteiger partial charge in [0.25, 0.3) is 0 Å². The van der Waals surface area contributed by atoms with Crippen molar-refractivity contribution in [3.8, 4) is 11.3 Å². The lowest BCUT2D eigenvalue weighted by Gasteiger charge is -2.37. The predicted molar refractivity (Wildman–Crippen MR) is 107 cm³/mol. The van der Waals surface area contributed by atoms with Crippen LogP contribution in [0.3, 0.4) is 0 Å². The van der Waals surface area contributed by atoms with E-state index in [0.717, 1.165) is 49.8 Å². The van der Waals surface area contributed by atoms with Crippen LogP contribution < -0.4 is 5.32 Å². The third kappa shape index (κ3) is 4.36. The highest BCUT2D eigenvalue weighted by Gasteiger charge is 2.32. The van der Waals surface area contributed by atoms with Crippen molar-refractivity contribution in [2.24, 2.45) is 4.99 Å². The van der Waals surface area contributed by atoms with Crippen molar-refractivity contribution in [2.75, 3.05) is 33.4 Å². The second kappa shape index (κ2) is 8.75. The molecule has 28 heavy (non-hydrogen) atoms. The SMILES string of the molecule is CN=C(NCc1ncc(-c2ccc(C)cc2)o1)N1CCOC(C2CCCO2)C1. The van der Waals surface area contributed by atoms with Gasteiger partial charge in [0.2, 0.25) is 5.89 Å². The van der Waals surface area contributed by atoms with Crippen LogP contribution >= 0.6 is 0 Å². The Bertz CT molecular complexity index is 796. The van der Waals surface area contributed by atoms with Gasteiger partial charge in [-0.1, -0.05) is 29.8 Å². The average molecular weight is 384 g/mol. The molecule has 0 bridgehead atoms. The van der Waals surface area contributed by atoms with Crippen LogP contribution in [0.4, 0.5) is 0 Å². The molecule has 2 unspecified atom stereocenters. The molecule has 4 rings (SSSR count). The molecule has 3 heterocycles. The zero-order chi connectivity index (χ0) is 19.3. The number of hydrogen-bond donors (Lipinski definition) is 1. The monoisotopic (exact) mass is 384 g/mol. The second-order valence-corrected chi connectivity index (χ2v) is 7.29. The Morgan fingerprint density at radius 3 is 2.79 bits per heavy atom. The van der Waals surface area contributed by atoms with Crippen molar-refractivity contribution < 1.29 is 13.9 Å². The number of ether oxygens (including phenoxy) is 2. The molecule has 2 aromatic rings. The molecule has 2 aliphatic rings. The van der Waals surface area contributed by atoms with Gasteiger partial charge in [-0.15, -0.1) is 0 Å². The van der Waals surface area contributed by atoms with Crippen LogP contribution in [0, 0.1) is 6.92 Å². The van der Waals surface area contributed by atoms with E-state index in [1.54, 1.807) is 13.2 Å². The van der Waals surface area contributed by atoms with Crippen LogP contribution in [0.15, 0.2) is 39.9 Å². The summed E-state index contributed by atoms with van der Waals surface area (Å²) in [5.41, 5.74) is 2.25. The third-order valence-corrected chi connectivity index (χ3v) is 5.27. The smallest absolute Gasteiger partial charge is 0.214 e. The number of benzene rings is 1. The molecule has 2 saturated heterocycles. The maximum absolute atomic E-state index is 5.93.